The number of nitrogens with zero attached hydrogens (tertiary/aromatic N) is 2. The maximum absolute atomic E-state index is 13.6. The normalized spacial score (nSPS) is 11.8. The zero-order chi connectivity index (χ0) is 24.6. The maximum atomic E-state index is 13.6. The van der Waals surface area contributed by atoms with Crippen LogP contribution in [-0.4, -0.2) is 39.7 Å². The summed E-state index contributed by atoms with van der Waals surface area (Å²) in [5.74, 6) is -1.28. The zero-order valence-corrected chi connectivity index (χ0v) is 18.5. The van der Waals surface area contributed by atoms with E-state index in [2.05, 4.69) is 4.98 Å². The zero-order valence-electron chi connectivity index (χ0n) is 17.6. The van der Waals surface area contributed by atoms with E-state index in [9.17, 15) is 30.8 Å². The van der Waals surface area contributed by atoms with Gasteiger partial charge in [0.1, 0.15) is 11.6 Å². The van der Waals surface area contributed by atoms with Crippen LogP contribution in [0.3, 0.4) is 0 Å². The van der Waals surface area contributed by atoms with Crippen molar-refractivity contribution in [3.63, 3.8) is 0 Å². The van der Waals surface area contributed by atoms with Crippen LogP contribution in [0.25, 0.3) is 11.1 Å². The lowest BCUT2D eigenvalue weighted by molar-refractivity contribution is -0.137. The molecule has 174 valence electrons. The van der Waals surface area contributed by atoms with Gasteiger partial charge in [0, 0.05) is 42.3 Å². The smallest absolute Gasteiger partial charge is 0.416 e. The highest BCUT2D eigenvalue weighted by atomic mass is 32.2. The molecule has 0 fully saturated rings. The van der Waals surface area contributed by atoms with Crippen molar-refractivity contribution in [2.24, 2.45) is 0 Å². The summed E-state index contributed by atoms with van der Waals surface area (Å²) in [6, 6.07) is 7.24. The van der Waals surface area contributed by atoms with Gasteiger partial charge in [-0.1, -0.05) is 0 Å². The largest absolute Gasteiger partial charge is 0.496 e. The number of carbonyl (C=O) groups excluding carboxylic acids is 1. The summed E-state index contributed by atoms with van der Waals surface area (Å²) in [7, 11) is -1.39. The molecule has 1 amide bonds. The van der Waals surface area contributed by atoms with Crippen LogP contribution in [0.4, 0.5) is 23.2 Å². The molecule has 0 aliphatic heterocycles. The molecule has 0 aliphatic carbocycles. The lowest BCUT2D eigenvalue weighted by Crippen LogP contribution is -2.27. The van der Waals surface area contributed by atoms with Crippen LogP contribution in [0.1, 0.15) is 15.9 Å². The first-order valence-electron chi connectivity index (χ1n) is 9.31. The van der Waals surface area contributed by atoms with Gasteiger partial charge in [-0.05, 0) is 36.4 Å². The Morgan fingerprint density at radius 1 is 1.06 bits per heavy atom. The third-order valence-corrected chi connectivity index (χ3v) is 5.92. The van der Waals surface area contributed by atoms with E-state index in [0.717, 1.165) is 23.3 Å². The van der Waals surface area contributed by atoms with Crippen LogP contribution < -0.4 is 9.64 Å². The molecule has 6 nitrogen and oxygen atoms in total. The fourth-order valence-electron chi connectivity index (χ4n) is 3.17. The van der Waals surface area contributed by atoms with Crippen LogP contribution in [0.5, 0.6) is 5.75 Å². The second kappa shape index (κ2) is 8.81. The van der Waals surface area contributed by atoms with Crippen molar-refractivity contribution < 1.29 is 35.5 Å². The Kier molecular flexibility index (Phi) is 6.46. The van der Waals surface area contributed by atoms with E-state index in [1.165, 1.54) is 44.8 Å². The van der Waals surface area contributed by atoms with Gasteiger partial charge in [-0.2, -0.15) is 13.2 Å². The fraction of sp³-hybridized carbons (Fsp3) is 0.182. The molecule has 1 heterocycles. The minimum atomic E-state index is -4.87. The molecule has 1 aromatic heterocycles. The first kappa shape index (κ1) is 24.2. The van der Waals surface area contributed by atoms with E-state index in [0.29, 0.717) is 23.3 Å². The van der Waals surface area contributed by atoms with Gasteiger partial charge in [0.05, 0.1) is 29.5 Å². The highest BCUT2D eigenvalue weighted by Gasteiger charge is 2.33. The number of amides is 1. The molecule has 0 unspecified atom stereocenters. The Morgan fingerprint density at radius 3 is 2.36 bits per heavy atom. The lowest BCUT2D eigenvalue weighted by Gasteiger charge is -2.22. The molecule has 0 bridgehead atoms. The van der Waals surface area contributed by atoms with Gasteiger partial charge >= 0.3 is 6.18 Å². The quantitative estimate of drug-likeness (QED) is 0.497. The third kappa shape index (κ3) is 5.14. The molecule has 2 aromatic carbocycles. The number of anilines is 1. The standard InChI is InChI=1S/C22H18F4N2O4S/c1-28(19-12-27-7-6-17(19)18-5-4-15(23)11-20(18)32-2)21(29)13-8-14(22(24,25)26)10-16(9-13)33(3,30)31/h4-12H,1-3H3. The highest BCUT2D eigenvalue weighted by molar-refractivity contribution is 7.90. The third-order valence-electron chi connectivity index (χ3n) is 4.83. The molecule has 3 aromatic rings. The molecule has 0 spiro atoms. The lowest BCUT2D eigenvalue weighted by atomic mass is 10.0. The number of hydrogen-bond donors (Lipinski definition) is 0. The number of sulfone groups is 1. The van der Waals surface area contributed by atoms with Gasteiger partial charge in [-0.3, -0.25) is 9.78 Å². The summed E-state index contributed by atoms with van der Waals surface area (Å²) in [5, 5.41) is 0. The van der Waals surface area contributed by atoms with Crippen LogP contribution in [0.15, 0.2) is 59.8 Å². The summed E-state index contributed by atoms with van der Waals surface area (Å²) >= 11 is 0. The molecule has 11 heteroatoms. The molecule has 0 aliphatic rings. The number of halogens is 4. The van der Waals surface area contributed by atoms with Gasteiger partial charge < -0.3 is 9.64 Å². The van der Waals surface area contributed by atoms with Crippen LogP contribution >= 0.6 is 0 Å². The fourth-order valence-corrected chi connectivity index (χ4v) is 3.85. The van der Waals surface area contributed by atoms with E-state index >= 15 is 0 Å². The van der Waals surface area contributed by atoms with Crippen LogP contribution in [0, 0.1) is 5.82 Å². The molecule has 0 N–H and O–H groups in total. The number of pyridine rings is 1. The topological polar surface area (TPSA) is 76.6 Å². The Labute approximate surface area is 187 Å². The van der Waals surface area contributed by atoms with Crippen molar-refractivity contribution in [2.45, 2.75) is 11.1 Å². The molecular weight excluding hydrogens is 464 g/mol. The predicted octanol–water partition coefficient (Wildman–Crippen LogP) is 4.60. The van der Waals surface area contributed by atoms with Crippen molar-refractivity contribution in [1.29, 1.82) is 0 Å². The van der Waals surface area contributed by atoms with Crippen LogP contribution in [0.2, 0.25) is 0 Å². The Morgan fingerprint density at radius 2 is 1.76 bits per heavy atom. The van der Waals surface area contributed by atoms with Crippen molar-refractivity contribution in [2.75, 3.05) is 25.3 Å². The molecule has 0 atom stereocenters. The number of ether oxygens (including phenoxy) is 1. The number of hydrogen-bond acceptors (Lipinski definition) is 5. The summed E-state index contributed by atoms with van der Waals surface area (Å²) in [6.07, 6.45) is -1.39. The predicted molar refractivity (Wildman–Crippen MR) is 113 cm³/mol. The molecule has 0 saturated heterocycles. The Balaban J connectivity index is 2.14. The SMILES string of the molecule is COc1cc(F)ccc1-c1ccncc1N(C)C(=O)c1cc(C(F)(F)F)cc(S(C)(=O)=O)c1. The van der Waals surface area contributed by atoms with E-state index in [-0.39, 0.29) is 11.4 Å². The number of carbonyl (C=O) groups is 1. The average molecular weight is 482 g/mol. The second-order valence-electron chi connectivity index (χ2n) is 7.12. The minimum absolute atomic E-state index is 0.168. The van der Waals surface area contributed by atoms with E-state index in [1.807, 2.05) is 0 Å². The molecule has 0 radical (unpaired) electrons. The second-order valence-corrected chi connectivity index (χ2v) is 9.13. The van der Waals surface area contributed by atoms with Crippen molar-refractivity contribution in [3.05, 3.63) is 71.8 Å². The first-order chi connectivity index (χ1) is 15.3. The molecule has 0 saturated carbocycles. The van der Waals surface area contributed by atoms with E-state index in [1.54, 1.807) is 0 Å². The molecule has 33 heavy (non-hydrogen) atoms. The highest BCUT2D eigenvalue weighted by Crippen LogP contribution is 2.37. The van der Waals surface area contributed by atoms with Gasteiger partial charge in [0.25, 0.3) is 5.91 Å². The monoisotopic (exact) mass is 482 g/mol. The van der Waals surface area contributed by atoms with E-state index < -0.39 is 43.8 Å². The maximum Gasteiger partial charge on any atom is 0.416 e. The summed E-state index contributed by atoms with van der Waals surface area (Å²) in [6.45, 7) is 0. The van der Waals surface area contributed by atoms with Crippen molar-refractivity contribution in [3.8, 4) is 16.9 Å². The van der Waals surface area contributed by atoms with Gasteiger partial charge in [-0.15, -0.1) is 0 Å². The Bertz CT molecular complexity index is 1320. The van der Waals surface area contributed by atoms with Crippen LogP contribution in [-0.2, 0) is 16.0 Å². The van der Waals surface area contributed by atoms with E-state index in [4.69, 9.17) is 4.74 Å². The number of benzene rings is 2. The molecular formula is C22H18F4N2O4S. The van der Waals surface area contributed by atoms with Crippen molar-refractivity contribution >= 4 is 21.4 Å². The van der Waals surface area contributed by atoms with Crippen molar-refractivity contribution in [1.82, 2.24) is 4.98 Å². The number of alkyl halides is 3. The summed E-state index contributed by atoms with van der Waals surface area (Å²) < 4.78 is 82.7. The summed E-state index contributed by atoms with van der Waals surface area (Å²) in [5.41, 5.74) is -0.752. The number of methoxy groups -OCH3 is 1. The number of rotatable bonds is 5. The molecule has 3 rings (SSSR count). The number of aromatic nitrogens is 1. The van der Waals surface area contributed by atoms with Gasteiger partial charge in [-0.25, -0.2) is 12.8 Å². The average Bonchev–Trinajstić information content (AvgIpc) is 2.76. The first-order valence-corrected chi connectivity index (χ1v) is 11.2. The minimum Gasteiger partial charge on any atom is -0.496 e. The van der Waals surface area contributed by atoms with Gasteiger partial charge in [0.15, 0.2) is 9.84 Å². The van der Waals surface area contributed by atoms with Gasteiger partial charge in [0.2, 0.25) is 0 Å². The summed E-state index contributed by atoms with van der Waals surface area (Å²) in [4.78, 5) is 17.5. The Hall–Kier alpha value is -3.47.